The Labute approximate surface area is 85.8 Å². The summed E-state index contributed by atoms with van der Waals surface area (Å²) in [5.74, 6) is 0.302. The number of carbonyl (C=O) groups excluding carboxylic acids is 1. The molecule has 0 aliphatic heterocycles. The molecule has 0 saturated heterocycles. The van der Waals surface area contributed by atoms with Gasteiger partial charge in [0.2, 0.25) is 0 Å². The van der Waals surface area contributed by atoms with Crippen LogP contribution in [0.1, 0.15) is 26.2 Å². The second kappa shape index (κ2) is 6.14. The van der Waals surface area contributed by atoms with Crippen LogP contribution < -0.4 is 5.73 Å². The van der Waals surface area contributed by atoms with Crippen LogP contribution in [0.2, 0.25) is 0 Å². The van der Waals surface area contributed by atoms with E-state index in [4.69, 9.17) is 5.73 Å². The van der Waals surface area contributed by atoms with Crippen LogP contribution in [0.15, 0.2) is 0 Å². The molecule has 4 nitrogen and oxygen atoms in total. The molecule has 0 fully saturated rings. The Morgan fingerprint density at radius 3 is 2.36 bits per heavy atom. The van der Waals surface area contributed by atoms with Crippen molar-refractivity contribution in [2.45, 2.75) is 26.2 Å². The van der Waals surface area contributed by atoms with Crippen molar-refractivity contribution in [3.8, 4) is 0 Å². The highest BCUT2D eigenvalue weighted by Gasteiger charge is 2.09. The van der Waals surface area contributed by atoms with Gasteiger partial charge in [0.25, 0.3) is 0 Å². The lowest BCUT2D eigenvalue weighted by atomic mass is 10.0. The predicted octanol–water partition coefficient (Wildman–Crippen LogP) is 0.365. The Hall–Kier alpha value is -0.420. The molecule has 0 aliphatic carbocycles. The number of sulfone groups is 1. The second-order valence-electron chi connectivity index (χ2n) is 3.80. The highest BCUT2D eigenvalue weighted by atomic mass is 32.2. The fourth-order valence-electron chi connectivity index (χ4n) is 0.949. The van der Waals surface area contributed by atoms with E-state index in [0.29, 0.717) is 18.9 Å². The van der Waals surface area contributed by atoms with Gasteiger partial charge in [-0.05, 0) is 18.9 Å². The van der Waals surface area contributed by atoms with Gasteiger partial charge in [-0.25, -0.2) is 8.42 Å². The van der Waals surface area contributed by atoms with Crippen molar-refractivity contribution in [3.63, 3.8) is 0 Å². The van der Waals surface area contributed by atoms with Crippen LogP contribution >= 0.6 is 0 Å². The first-order chi connectivity index (χ1) is 6.35. The van der Waals surface area contributed by atoms with Crippen LogP contribution in [-0.4, -0.2) is 32.8 Å². The Balaban J connectivity index is 3.67. The topological polar surface area (TPSA) is 77.2 Å². The third-order valence-electron chi connectivity index (χ3n) is 2.07. The first-order valence-corrected chi connectivity index (χ1v) is 6.80. The van der Waals surface area contributed by atoms with Gasteiger partial charge in [0, 0.05) is 19.1 Å². The van der Waals surface area contributed by atoms with Crippen LogP contribution in [0, 0.1) is 5.92 Å². The lowest BCUT2D eigenvalue weighted by molar-refractivity contribution is -0.118. The van der Waals surface area contributed by atoms with E-state index in [1.807, 2.05) is 6.92 Å². The molecule has 2 N–H and O–H groups in total. The van der Waals surface area contributed by atoms with Gasteiger partial charge in [-0.1, -0.05) is 6.92 Å². The zero-order chi connectivity index (χ0) is 11.2. The van der Waals surface area contributed by atoms with E-state index in [1.165, 1.54) is 0 Å². The molecule has 0 spiro atoms. The first-order valence-electron chi connectivity index (χ1n) is 4.74. The second-order valence-corrected chi connectivity index (χ2v) is 6.06. The van der Waals surface area contributed by atoms with Crippen LogP contribution in [0.4, 0.5) is 0 Å². The van der Waals surface area contributed by atoms with Crippen LogP contribution in [0.3, 0.4) is 0 Å². The zero-order valence-electron chi connectivity index (χ0n) is 8.82. The summed E-state index contributed by atoms with van der Waals surface area (Å²) in [5, 5.41) is 0. The first kappa shape index (κ1) is 13.6. The van der Waals surface area contributed by atoms with Gasteiger partial charge in [-0.3, -0.25) is 4.79 Å². The highest BCUT2D eigenvalue weighted by Crippen LogP contribution is 2.05. The third kappa shape index (κ3) is 8.19. The van der Waals surface area contributed by atoms with Crippen molar-refractivity contribution in [2.24, 2.45) is 11.7 Å². The quantitative estimate of drug-likeness (QED) is 0.673. The monoisotopic (exact) mass is 221 g/mol. The third-order valence-corrected chi connectivity index (χ3v) is 3.02. The Kier molecular flexibility index (Phi) is 5.95. The summed E-state index contributed by atoms with van der Waals surface area (Å²) in [4.78, 5) is 11.2. The molecule has 0 aromatic heterocycles. The molecule has 0 heterocycles. The normalized spacial score (nSPS) is 13.9. The minimum Gasteiger partial charge on any atom is -0.330 e. The van der Waals surface area contributed by atoms with Crippen molar-refractivity contribution >= 4 is 15.6 Å². The minimum atomic E-state index is -3.01. The Morgan fingerprint density at radius 1 is 1.36 bits per heavy atom. The number of rotatable bonds is 7. The SMILES string of the molecule is CC(CN)CCC(=O)CCS(C)(=O)=O. The molecule has 0 amide bonds. The maximum Gasteiger partial charge on any atom is 0.147 e. The number of hydrogen-bond donors (Lipinski definition) is 1. The lowest BCUT2D eigenvalue weighted by Crippen LogP contribution is -2.14. The van der Waals surface area contributed by atoms with Crippen LogP contribution in [0.5, 0.6) is 0 Å². The molecule has 5 heteroatoms. The standard InChI is InChI=1S/C9H19NO3S/c1-8(7-10)3-4-9(11)5-6-14(2,12)13/h8H,3-7,10H2,1-2H3. The molecule has 0 aliphatic rings. The summed E-state index contributed by atoms with van der Waals surface area (Å²) < 4.78 is 21.5. The molecular weight excluding hydrogens is 202 g/mol. The number of nitrogens with two attached hydrogens (primary N) is 1. The number of carbonyl (C=O) groups is 1. The molecule has 1 unspecified atom stereocenters. The molecule has 1 atom stereocenters. The van der Waals surface area contributed by atoms with Gasteiger partial charge >= 0.3 is 0 Å². The van der Waals surface area contributed by atoms with E-state index in [1.54, 1.807) is 0 Å². The van der Waals surface area contributed by atoms with Gasteiger partial charge in [0.05, 0.1) is 5.75 Å². The maximum atomic E-state index is 11.2. The summed E-state index contributed by atoms with van der Waals surface area (Å²) in [5.41, 5.74) is 5.39. The van der Waals surface area contributed by atoms with Gasteiger partial charge in [0.15, 0.2) is 0 Å². The molecule has 0 bridgehead atoms. The summed E-state index contributed by atoms with van der Waals surface area (Å²) in [6.45, 7) is 2.54. The van der Waals surface area contributed by atoms with Crippen molar-refractivity contribution < 1.29 is 13.2 Å². The summed E-state index contributed by atoms with van der Waals surface area (Å²) in [6, 6.07) is 0. The van der Waals surface area contributed by atoms with Crippen LogP contribution in [-0.2, 0) is 14.6 Å². The van der Waals surface area contributed by atoms with E-state index < -0.39 is 9.84 Å². The smallest absolute Gasteiger partial charge is 0.147 e. The number of ketones is 1. The summed E-state index contributed by atoms with van der Waals surface area (Å²) in [6.07, 6.45) is 2.46. The molecule has 0 saturated carbocycles. The van der Waals surface area contributed by atoms with E-state index in [2.05, 4.69) is 0 Å². The summed E-state index contributed by atoms with van der Waals surface area (Å²) >= 11 is 0. The average Bonchev–Trinajstić information content (AvgIpc) is 2.09. The molecule has 14 heavy (non-hydrogen) atoms. The van der Waals surface area contributed by atoms with Crippen LogP contribution in [0.25, 0.3) is 0 Å². The van der Waals surface area contributed by atoms with Crippen molar-refractivity contribution in [1.29, 1.82) is 0 Å². The molecule has 0 rings (SSSR count). The minimum absolute atomic E-state index is 0.00993. The number of Topliss-reactive ketones (excluding diaryl/α,β-unsaturated/α-hetero) is 1. The van der Waals surface area contributed by atoms with Gasteiger partial charge < -0.3 is 5.73 Å². The average molecular weight is 221 g/mol. The van der Waals surface area contributed by atoms with E-state index in [-0.39, 0.29) is 18.0 Å². The van der Waals surface area contributed by atoms with Crippen molar-refractivity contribution in [2.75, 3.05) is 18.6 Å². The van der Waals surface area contributed by atoms with Crippen molar-refractivity contribution in [3.05, 3.63) is 0 Å². The zero-order valence-corrected chi connectivity index (χ0v) is 9.64. The van der Waals surface area contributed by atoms with Gasteiger partial charge in [-0.2, -0.15) is 0 Å². The molecule has 0 radical (unpaired) electrons. The molecule has 84 valence electrons. The number of hydrogen-bond acceptors (Lipinski definition) is 4. The predicted molar refractivity (Wildman–Crippen MR) is 56.8 cm³/mol. The Bertz CT molecular complexity index is 272. The molecule has 0 aromatic rings. The highest BCUT2D eigenvalue weighted by molar-refractivity contribution is 7.90. The van der Waals surface area contributed by atoms with E-state index in [9.17, 15) is 13.2 Å². The van der Waals surface area contributed by atoms with Crippen molar-refractivity contribution in [1.82, 2.24) is 0 Å². The van der Waals surface area contributed by atoms with Gasteiger partial charge in [0.1, 0.15) is 15.6 Å². The van der Waals surface area contributed by atoms with E-state index in [0.717, 1.165) is 12.7 Å². The lowest BCUT2D eigenvalue weighted by Gasteiger charge is -2.06. The Morgan fingerprint density at radius 2 is 1.93 bits per heavy atom. The maximum absolute atomic E-state index is 11.2. The summed E-state index contributed by atoms with van der Waals surface area (Å²) in [7, 11) is -3.01. The van der Waals surface area contributed by atoms with Gasteiger partial charge in [-0.15, -0.1) is 0 Å². The fraction of sp³-hybridized carbons (Fsp3) is 0.889. The van der Waals surface area contributed by atoms with E-state index >= 15 is 0 Å². The fourth-order valence-corrected chi connectivity index (χ4v) is 1.55. The molecule has 0 aromatic carbocycles. The largest absolute Gasteiger partial charge is 0.330 e. The molecular formula is C9H19NO3S.